The van der Waals surface area contributed by atoms with Crippen LogP contribution in [-0.2, 0) is 6.18 Å². The van der Waals surface area contributed by atoms with Crippen molar-refractivity contribution in [3.05, 3.63) is 89.2 Å². The van der Waals surface area contributed by atoms with Gasteiger partial charge < -0.3 is 16.0 Å². The lowest BCUT2D eigenvalue weighted by atomic mass is 10.2. The SMILES string of the molecule is O=C(Nc1cccc(C(F)(F)F)c1)Nc1ccc(F)c(NC(=O)c2cc(F)ccc2F)c1. The van der Waals surface area contributed by atoms with Crippen molar-refractivity contribution in [3.63, 3.8) is 0 Å². The summed E-state index contributed by atoms with van der Waals surface area (Å²) >= 11 is 0. The van der Waals surface area contributed by atoms with Crippen LogP contribution < -0.4 is 16.0 Å². The highest BCUT2D eigenvalue weighted by atomic mass is 19.4. The standard InChI is InChI=1S/C21H13F6N3O2/c22-12-4-6-16(23)15(9-12)19(31)30-18-10-14(5-7-17(18)24)29-20(32)28-13-3-1-2-11(8-13)21(25,26)27/h1-10H,(H,30,31)(H2,28,29,32). The minimum atomic E-state index is -4.60. The molecule has 3 aromatic carbocycles. The molecule has 3 aromatic rings. The Morgan fingerprint density at radius 3 is 2.06 bits per heavy atom. The third-order valence-electron chi connectivity index (χ3n) is 4.09. The number of carbonyl (C=O) groups excluding carboxylic acids is 2. The number of halogens is 6. The Labute approximate surface area is 177 Å². The van der Waals surface area contributed by atoms with Crippen LogP contribution in [0.25, 0.3) is 0 Å². The van der Waals surface area contributed by atoms with E-state index >= 15 is 0 Å². The molecule has 0 atom stereocenters. The Kier molecular flexibility index (Phi) is 6.37. The number of carbonyl (C=O) groups is 2. The number of rotatable bonds is 4. The molecular weight excluding hydrogens is 440 g/mol. The highest BCUT2D eigenvalue weighted by Crippen LogP contribution is 2.30. The van der Waals surface area contributed by atoms with Crippen LogP contribution in [0.1, 0.15) is 15.9 Å². The molecule has 32 heavy (non-hydrogen) atoms. The van der Waals surface area contributed by atoms with E-state index in [4.69, 9.17) is 0 Å². The van der Waals surface area contributed by atoms with Crippen molar-refractivity contribution in [3.8, 4) is 0 Å². The number of nitrogens with one attached hydrogen (secondary N) is 3. The van der Waals surface area contributed by atoms with Gasteiger partial charge in [0.2, 0.25) is 0 Å². The maximum Gasteiger partial charge on any atom is 0.416 e. The first-order valence-corrected chi connectivity index (χ1v) is 8.84. The first kappa shape index (κ1) is 22.7. The van der Waals surface area contributed by atoms with Crippen LogP contribution in [-0.4, -0.2) is 11.9 Å². The van der Waals surface area contributed by atoms with Crippen LogP contribution in [0, 0.1) is 17.5 Å². The van der Waals surface area contributed by atoms with Gasteiger partial charge in [0, 0.05) is 11.4 Å². The van der Waals surface area contributed by atoms with E-state index in [0.29, 0.717) is 6.07 Å². The first-order chi connectivity index (χ1) is 15.0. The smallest absolute Gasteiger partial charge is 0.319 e. The van der Waals surface area contributed by atoms with E-state index in [2.05, 4.69) is 16.0 Å². The van der Waals surface area contributed by atoms with Gasteiger partial charge in [-0.2, -0.15) is 13.2 Å². The minimum Gasteiger partial charge on any atom is -0.319 e. The third kappa shape index (κ3) is 5.56. The van der Waals surface area contributed by atoms with Crippen LogP contribution >= 0.6 is 0 Å². The lowest BCUT2D eigenvalue weighted by Gasteiger charge is -2.12. The molecule has 0 aliphatic carbocycles. The van der Waals surface area contributed by atoms with Crippen LogP contribution in [0.15, 0.2) is 60.7 Å². The van der Waals surface area contributed by atoms with Gasteiger partial charge in [-0.15, -0.1) is 0 Å². The summed E-state index contributed by atoms with van der Waals surface area (Å²) in [5.74, 6) is -3.97. The molecule has 0 saturated heterocycles. The zero-order chi connectivity index (χ0) is 23.5. The molecule has 0 bridgehead atoms. The number of benzene rings is 3. The van der Waals surface area contributed by atoms with Crippen LogP contribution in [0.3, 0.4) is 0 Å². The number of alkyl halides is 3. The van der Waals surface area contributed by atoms with Gasteiger partial charge in [-0.1, -0.05) is 6.07 Å². The first-order valence-electron chi connectivity index (χ1n) is 8.84. The van der Waals surface area contributed by atoms with Gasteiger partial charge in [-0.05, 0) is 54.6 Å². The zero-order valence-corrected chi connectivity index (χ0v) is 15.9. The summed E-state index contributed by atoms with van der Waals surface area (Å²) in [7, 11) is 0. The number of urea groups is 1. The van der Waals surface area contributed by atoms with Crippen LogP contribution in [0.2, 0.25) is 0 Å². The molecule has 0 heterocycles. The van der Waals surface area contributed by atoms with E-state index in [0.717, 1.165) is 48.5 Å². The van der Waals surface area contributed by atoms with Gasteiger partial charge in [0.1, 0.15) is 17.5 Å². The van der Waals surface area contributed by atoms with Crippen molar-refractivity contribution in [1.29, 1.82) is 0 Å². The van der Waals surface area contributed by atoms with Gasteiger partial charge >= 0.3 is 12.2 Å². The fourth-order valence-corrected chi connectivity index (χ4v) is 2.63. The van der Waals surface area contributed by atoms with E-state index in [1.165, 1.54) is 6.07 Å². The highest BCUT2D eigenvalue weighted by Gasteiger charge is 2.30. The third-order valence-corrected chi connectivity index (χ3v) is 4.09. The van der Waals surface area contributed by atoms with Crippen molar-refractivity contribution in [2.75, 3.05) is 16.0 Å². The van der Waals surface area contributed by atoms with Crippen molar-refractivity contribution in [2.45, 2.75) is 6.18 Å². The Bertz CT molecular complexity index is 1180. The average Bonchev–Trinajstić information content (AvgIpc) is 2.71. The highest BCUT2D eigenvalue weighted by molar-refractivity contribution is 6.05. The quantitative estimate of drug-likeness (QED) is 0.423. The molecule has 11 heteroatoms. The second-order valence-corrected chi connectivity index (χ2v) is 6.43. The molecule has 0 aliphatic rings. The van der Waals surface area contributed by atoms with Crippen molar-refractivity contribution < 1.29 is 35.9 Å². The molecule has 3 N–H and O–H groups in total. The molecule has 0 aliphatic heterocycles. The van der Waals surface area contributed by atoms with Crippen LogP contribution in [0.4, 0.5) is 48.2 Å². The Morgan fingerprint density at radius 1 is 0.719 bits per heavy atom. The number of anilines is 3. The van der Waals surface area contributed by atoms with Gasteiger partial charge in [0.05, 0.1) is 16.8 Å². The fourth-order valence-electron chi connectivity index (χ4n) is 2.63. The maximum atomic E-state index is 14.0. The summed E-state index contributed by atoms with van der Waals surface area (Å²) in [6.07, 6.45) is -4.60. The summed E-state index contributed by atoms with van der Waals surface area (Å²) in [6.45, 7) is 0. The van der Waals surface area contributed by atoms with E-state index in [1.807, 2.05) is 0 Å². The maximum absolute atomic E-state index is 14.0. The van der Waals surface area contributed by atoms with Crippen molar-refractivity contribution >= 4 is 29.0 Å². The second kappa shape index (κ2) is 9.00. The van der Waals surface area contributed by atoms with E-state index in [9.17, 15) is 35.9 Å². The summed E-state index contributed by atoms with van der Waals surface area (Å²) in [6, 6.07) is 8.14. The molecule has 0 aromatic heterocycles. The molecule has 3 rings (SSSR count). The Balaban J connectivity index is 1.72. The predicted molar refractivity (Wildman–Crippen MR) is 105 cm³/mol. The van der Waals surface area contributed by atoms with Gasteiger partial charge in [0.15, 0.2) is 0 Å². The van der Waals surface area contributed by atoms with E-state index in [-0.39, 0.29) is 11.4 Å². The number of hydrogen-bond acceptors (Lipinski definition) is 2. The molecule has 166 valence electrons. The molecule has 3 amide bonds. The number of hydrogen-bond donors (Lipinski definition) is 3. The zero-order valence-electron chi connectivity index (χ0n) is 15.9. The van der Waals surface area contributed by atoms with E-state index < -0.39 is 52.4 Å². The molecule has 0 unspecified atom stereocenters. The summed E-state index contributed by atoms with van der Waals surface area (Å²) in [5.41, 5.74) is -2.26. The molecule has 0 fully saturated rings. The lowest BCUT2D eigenvalue weighted by molar-refractivity contribution is -0.137. The van der Waals surface area contributed by atoms with Crippen molar-refractivity contribution in [1.82, 2.24) is 0 Å². The monoisotopic (exact) mass is 453 g/mol. The summed E-state index contributed by atoms with van der Waals surface area (Å²) < 4.78 is 79.3. The molecule has 0 saturated carbocycles. The van der Waals surface area contributed by atoms with Gasteiger partial charge in [-0.25, -0.2) is 18.0 Å². The largest absolute Gasteiger partial charge is 0.416 e. The second-order valence-electron chi connectivity index (χ2n) is 6.43. The molecule has 0 spiro atoms. The Morgan fingerprint density at radius 2 is 1.38 bits per heavy atom. The molecule has 5 nitrogen and oxygen atoms in total. The van der Waals surface area contributed by atoms with Gasteiger partial charge in [0.25, 0.3) is 5.91 Å². The minimum absolute atomic E-state index is 0.0362. The lowest BCUT2D eigenvalue weighted by Crippen LogP contribution is -2.20. The van der Waals surface area contributed by atoms with Crippen LogP contribution in [0.5, 0.6) is 0 Å². The molecule has 0 radical (unpaired) electrons. The summed E-state index contributed by atoms with van der Waals surface area (Å²) in [5, 5.41) is 6.53. The van der Waals surface area contributed by atoms with Crippen molar-refractivity contribution in [2.24, 2.45) is 0 Å². The average molecular weight is 453 g/mol. The normalized spacial score (nSPS) is 11.1. The van der Waals surface area contributed by atoms with E-state index in [1.54, 1.807) is 0 Å². The predicted octanol–water partition coefficient (Wildman–Crippen LogP) is 6.02. The molecular formula is C21H13F6N3O2. The van der Waals surface area contributed by atoms with Gasteiger partial charge in [-0.3, -0.25) is 4.79 Å². The summed E-state index contributed by atoms with van der Waals surface area (Å²) in [4.78, 5) is 24.2. The topological polar surface area (TPSA) is 70.2 Å². The fraction of sp³-hybridized carbons (Fsp3) is 0.0476. The number of amides is 3. The Hall–Kier alpha value is -4.02.